The van der Waals surface area contributed by atoms with Gasteiger partial charge < -0.3 is 10.4 Å². The zero-order chi connectivity index (χ0) is 13.1. The van der Waals surface area contributed by atoms with E-state index in [-0.39, 0.29) is 5.69 Å². The minimum atomic E-state index is -1.09. The Hall–Kier alpha value is -2.43. The van der Waals surface area contributed by atoms with E-state index in [1.54, 1.807) is 0 Å². The SMILES string of the molecule is Cc1cccc(Nc2cncc(C(=O)O)n2)c1C. The van der Waals surface area contributed by atoms with Gasteiger partial charge in [0.2, 0.25) is 0 Å². The number of nitrogens with zero attached hydrogens (tertiary/aromatic N) is 2. The number of aryl methyl sites for hydroxylation is 1. The molecule has 1 aromatic carbocycles. The van der Waals surface area contributed by atoms with Gasteiger partial charge in [-0.15, -0.1) is 0 Å². The maximum Gasteiger partial charge on any atom is 0.356 e. The number of carbonyl (C=O) groups is 1. The fourth-order valence-corrected chi connectivity index (χ4v) is 1.55. The lowest BCUT2D eigenvalue weighted by Crippen LogP contribution is -2.04. The molecular formula is C13H13N3O2. The van der Waals surface area contributed by atoms with Gasteiger partial charge in [-0.2, -0.15) is 0 Å². The van der Waals surface area contributed by atoms with Gasteiger partial charge in [-0.1, -0.05) is 12.1 Å². The minimum absolute atomic E-state index is 0.0784. The molecule has 0 bridgehead atoms. The average molecular weight is 243 g/mol. The molecule has 92 valence electrons. The summed E-state index contributed by atoms with van der Waals surface area (Å²) < 4.78 is 0. The molecule has 0 saturated heterocycles. The Morgan fingerprint density at radius 3 is 2.78 bits per heavy atom. The van der Waals surface area contributed by atoms with E-state index in [0.717, 1.165) is 16.8 Å². The lowest BCUT2D eigenvalue weighted by atomic mass is 10.1. The smallest absolute Gasteiger partial charge is 0.356 e. The van der Waals surface area contributed by atoms with Crippen LogP contribution in [0.2, 0.25) is 0 Å². The third kappa shape index (κ3) is 2.45. The van der Waals surface area contributed by atoms with Gasteiger partial charge in [-0.05, 0) is 31.0 Å². The van der Waals surface area contributed by atoms with Crippen LogP contribution in [0, 0.1) is 13.8 Å². The van der Waals surface area contributed by atoms with E-state index < -0.39 is 5.97 Å². The number of anilines is 2. The highest BCUT2D eigenvalue weighted by Gasteiger charge is 2.07. The van der Waals surface area contributed by atoms with Crippen molar-refractivity contribution in [3.05, 3.63) is 47.4 Å². The summed E-state index contributed by atoms with van der Waals surface area (Å²) in [4.78, 5) is 18.6. The van der Waals surface area contributed by atoms with Crippen molar-refractivity contribution >= 4 is 17.5 Å². The number of aromatic nitrogens is 2. The number of carboxylic acid groups (broad SMARTS) is 1. The first-order valence-electron chi connectivity index (χ1n) is 5.46. The molecular weight excluding hydrogens is 230 g/mol. The molecule has 5 heteroatoms. The van der Waals surface area contributed by atoms with Crippen molar-refractivity contribution < 1.29 is 9.90 Å². The molecule has 0 spiro atoms. The quantitative estimate of drug-likeness (QED) is 0.866. The van der Waals surface area contributed by atoms with Crippen molar-refractivity contribution in [2.45, 2.75) is 13.8 Å². The molecule has 0 amide bonds. The van der Waals surface area contributed by atoms with Crippen molar-refractivity contribution in [2.75, 3.05) is 5.32 Å². The van der Waals surface area contributed by atoms with Gasteiger partial charge in [0.1, 0.15) is 5.82 Å². The number of nitrogens with one attached hydrogen (secondary N) is 1. The molecule has 0 radical (unpaired) electrons. The van der Waals surface area contributed by atoms with Gasteiger partial charge >= 0.3 is 5.97 Å². The van der Waals surface area contributed by atoms with Crippen LogP contribution >= 0.6 is 0 Å². The van der Waals surface area contributed by atoms with Crippen LogP contribution in [0.3, 0.4) is 0 Å². The first-order valence-corrected chi connectivity index (χ1v) is 5.46. The fraction of sp³-hybridized carbons (Fsp3) is 0.154. The molecule has 0 aliphatic heterocycles. The predicted molar refractivity (Wildman–Crippen MR) is 68.2 cm³/mol. The fourth-order valence-electron chi connectivity index (χ4n) is 1.55. The van der Waals surface area contributed by atoms with Gasteiger partial charge in [0.15, 0.2) is 5.69 Å². The first kappa shape index (κ1) is 12.0. The number of hydrogen-bond donors (Lipinski definition) is 2. The van der Waals surface area contributed by atoms with Crippen LogP contribution in [0.25, 0.3) is 0 Å². The molecule has 5 nitrogen and oxygen atoms in total. The van der Waals surface area contributed by atoms with Crippen LogP contribution in [0.1, 0.15) is 21.6 Å². The number of carboxylic acids is 1. The van der Waals surface area contributed by atoms with E-state index in [2.05, 4.69) is 15.3 Å². The van der Waals surface area contributed by atoms with Crippen LogP contribution in [-0.4, -0.2) is 21.0 Å². The Morgan fingerprint density at radius 2 is 2.06 bits per heavy atom. The largest absolute Gasteiger partial charge is 0.476 e. The third-order valence-corrected chi connectivity index (χ3v) is 2.72. The van der Waals surface area contributed by atoms with Crippen molar-refractivity contribution in [1.29, 1.82) is 0 Å². The van der Waals surface area contributed by atoms with Gasteiger partial charge in [0, 0.05) is 5.69 Å². The van der Waals surface area contributed by atoms with E-state index in [4.69, 9.17) is 5.11 Å². The zero-order valence-electron chi connectivity index (χ0n) is 10.1. The van der Waals surface area contributed by atoms with Gasteiger partial charge in [0.25, 0.3) is 0 Å². The summed E-state index contributed by atoms with van der Waals surface area (Å²) in [7, 11) is 0. The molecule has 0 aliphatic rings. The normalized spacial score (nSPS) is 10.1. The molecule has 2 rings (SSSR count). The molecule has 2 aromatic rings. The highest BCUT2D eigenvalue weighted by Crippen LogP contribution is 2.21. The summed E-state index contributed by atoms with van der Waals surface area (Å²) in [6.07, 6.45) is 2.71. The molecule has 0 aliphatic carbocycles. The van der Waals surface area contributed by atoms with E-state index in [1.165, 1.54) is 12.4 Å². The standard InChI is InChI=1S/C13H13N3O2/c1-8-4-3-5-10(9(8)2)15-12-7-14-6-11(16-12)13(17)18/h3-7H,1-2H3,(H,15,16)(H,17,18). The van der Waals surface area contributed by atoms with Gasteiger partial charge in [0.05, 0.1) is 12.4 Å². The molecule has 18 heavy (non-hydrogen) atoms. The molecule has 2 N–H and O–H groups in total. The second-order valence-corrected chi connectivity index (χ2v) is 3.97. The Bertz CT molecular complexity index is 597. The maximum absolute atomic E-state index is 10.8. The number of hydrogen-bond acceptors (Lipinski definition) is 4. The zero-order valence-corrected chi connectivity index (χ0v) is 10.1. The second kappa shape index (κ2) is 4.83. The lowest BCUT2D eigenvalue weighted by Gasteiger charge is -2.10. The summed E-state index contributed by atoms with van der Waals surface area (Å²) in [5, 5.41) is 11.9. The van der Waals surface area contributed by atoms with E-state index in [1.807, 2.05) is 32.0 Å². The van der Waals surface area contributed by atoms with Crippen molar-refractivity contribution in [2.24, 2.45) is 0 Å². The van der Waals surface area contributed by atoms with Gasteiger partial charge in [-0.25, -0.2) is 9.78 Å². The number of rotatable bonds is 3. The lowest BCUT2D eigenvalue weighted by molar-refractivity contribution is 0.0690. The topological polar surface area (TPSA) is 75.1 Å². The number of aromatic carboxylic acids is 1. The van der Waals surface area contributed by atoms with Crippen molar-refractivity contribution in [3.8, 4) is 0 Å². The first-order chi connectivity index (χ1) is 8.58. The van der Waals surface area contributed by atoms with Crippen LogP contribution in [-0.2, 0) is 0 Å². The highest BCUT2D eigenvalue weighted by atomic mass is 16.4. The molecule has 1 aromatic heterocycles. The second-order valence-electron chi connectivity index (χ2n) is 3.97. The third-order valence-electron chi connectivity index (χ3n) is 2.72. The van der Waals surface area contributed by atoms with Crippen LogP contribution in [0.4, 0.5) is 11.5 Å². The summed E-state index contributed by atoms with van der Waals surface area (Å²) in [5.74, 6) is -0.671. The van der Waals surface area contributed by atoms with E-state index in [0.29, 0.717) is 5.82 Å². The Kier molecular flexibility index (Phi) is 3.23. The summed E-state index contributed by atoms with van der Waals surface area (Å²) in [6.45, 7) is 4.01. The summed E-state index contributed by atoms with van der Waals surface area (Å²) in [6, 6.07) is 5.86. The average Bonchev–Trinajstić information content (AvgIpc) is 2.35. The molecule has 0 unspecified atom stereocenters. The van der Waals surface area contributed by atoms with Crippen molar-refractivity contribution in [3.63, 3.8) is 0 Å². The monoisotopic (exact) mass is 243 g/mol. The van der Waals surface area contributed by atoms with Gasteiger partial charge in [-0.3, -0.25) is 4.98 Å². The number of benzene rings is 1. The van der Waals surface area contributed by atoms with Crippen molar-refractivity contribution in [1.82, 2.24) is 9.97 Å². The Labute approximate surface area is 105 Å². The van der Waals surface area contributed by atoms with Crippen LogP contribution in [0.15, 0.2) is 30.6 Å². The Balaban J connectivity index is 2.31. The van der Waals surface area contributed by atoms with Crippen LogP contribution < -0.4 is 5.32 Å². The van der Waals surface area contributed by atoms with Crippen LogP contribution in [0.5, 0.6) is 0 Å². The molecule has 0 saturated carbocycles. The minimum Gasteiger partial charge on any atom is -0.476 e. The Morgan fingerprint density at radius 1 is 1.28 bits per heavy atom. The molecule has 0 fully saturated rings. The maximum atomic E-state index is 10.8. The molecule has 1 heterocycles. The summed E-state index contributed by atoms with van der Waals surface area (Å²) in [5.41, 5.74) is 3.07. The highest BCUT2D eigenvalue weighted by molar-refractivity contribution is 5.85. The summed E-state index contributed by atoms with van der Waals surface area (Å²) >= 11 is 0. The molecule has 0 atom stereocenters. The van der Waals surface area contributed by atoms with E-state index in [9.17, 15) is 4.79 Å². The van der Waals surface area contributed by atoms with E-state index >= 15 is 0 Å². The predicted octanol–water partition coefficient (Wildman–Crippen LogP) is 2.54.